The normalized spacial score (nSPS) is 10.6. The number of carbonyl (C=O) groups excluding carboxylic acids is 1. The highest BCUT2D eigenvalue weighted by Crippen LogP contribution is 2.12. The van der Waals surface area contributed by atoms with Crippen molar-refractivity contribution in [2.75, 3.05) is 17.7 Å². The number of fused-ring (bicyclic) bond motifs is 1. The lowest BCUT2D eigenvalue weighted by molar-refractivity contribution is 0.0526. The zero-order valence-corrected chi connectivity index (χ0v) is 14.1. The topological polar surface area (TPSA) is 132 Å². The molecule has 4 N–H and O–H groups in total. The number of H-pyrrole nitrogens is 1. The first-order chi connectivity index (χ1) is 12.1. The molecular formula is C15H15N7O2S. The largest absolute Gasteiger partial charge is 0.462 e. The van der Waals surface area contributed by atoms with Gasteiger partial charge in [0, 0.05) is 5.69 Å². The summed E-state index contributed by atoms with van der Waals surface area (Å²) >= 11 is 5.13. The van der Waals surface area contributed by atoms with Gasteiger partial charge in [-0.3, -0.25) is 0 Å². The fraction of sp³-hybridized carbons (Fsp3) is 0.200. The van der Waals surface area contributed by atoms with Gasteiger partial charge in [-0.25, -0.2) is 14.8 Å². The fourth-order valence-corrected chi connectivity index (χ4v) is 2.34. The van der Waals surface area contributed by atoms with Gasteiger partial charge >= 0.3 is 5.97 Å². The van der Waals surface area contributed by atoms with Crippen LogP contribution < -0.4 is 11.1 Å². The van der Waals surface area contributed by atoms with Crippen molar-refractivity contribution >= 4 is 41.0 Å². The highest BCUT2D eigenvalue weighted by molar-refractivity contribution is 7.71. The third-order valence-corrected chi connectivity index (χ3v) is 3.53. The second-order valence-corrected chi connectivity index (χ2v) is 5.39. The van der Waals surface area contributed by atoms with Crippen LogP contribution in [-0.2, 0) is 11.3 Å². The van der Waals surface area contributed by atoms with Gasteiger partial charge in [0.15, 0.2) is 16.1 Å². The van der Waals surface area contributed by atoms with Gasteiger partial charge in [0.25, 0.3) is 0 Å². The molecule has 2 heterocycles. The van der Waals surface area contributed by atoms with Gasteiger partial charge in [-0.05, 0) is 31.2 Å². The number of aromatic amines is 1. The molecule has 10 heteroatoms. The van der Waals surface area contributed by atoms with Crippen LogP contribution in [0.5, 0.6) is 0 Å². The lowest BCUT2D eigenvalue weighted by Gasteiger charge is -2.07. The number of benzene rings is 1. The summed E-state index contributed by atoms with van der Waals surface area (Å²) in [4.78, 5) is 22.7. The van der Waals surface area contributed by atoms with Crippen LogP contribution in [0.4, 0.5) is 11.6 Å². The van der Waals surface area contributed by atoms with Crippen LogP contribution in [0, 0.1) is 4.64 Å². The minimum atomic E-state index is -0.350. The molecule has 2 aromatic heterocycles. The van der Waals surface area contributed by atoms with Crippen LogP contribution in [0.2, 0.25) is 0 Å². The van der Waals surface area contributed by atoms with Crippen molar-refractivity contribution < 1.29 is 9.53 Å². The van der Waals surface area contributed by atoms with Gasteiger partial charge in [-0.2, -0.15) is 0 Å². The number of hydrogen-bond acceptors (Lipinski definition) is 9. The van der Waals surface area contributed by atoms with Crippen molar-refractivity contribution in [3.8, 4) is 0 Å². The van der Waals surface area contributed by atoms with Crippen LogP contribution in [0.3, 0.4) is 0 Å². The number of hydrogen-bond donors (Lipinski definition) is 3. The van der Waals surface area contributed by atoms with E-state index in [0.29, 0.717) is 35.7 Å². The predicted octanol–water partition coefficient (Wildman–Crippen LogP) is 1.85. The Labute approximate surface area is 147 Å². The molecule has 3 rings (SSSR count). The minimum absolute atomic E-state index is 0.168. The number of esters is 1. The minimum Gasteiger partial charge on any atom is -0.462 e. The second-order valence-electron chi connectivity index (χ2n) is 5.00. The molecule has 9 nitrogen and oxygen atoms in total. The average molecular weight is 357 g/mol. The summed E-state index contributed by atoms with van der Waals surface area (Å²) < 4.78 is 5.21. The number of nitrogens with two attached hydrogens (primary N) is 1. The molecule has 3 aromatic rings. The Balaban J connectivity index is 1.72. The molecule has 0 spiro atoms. The molecule has 0 bridgehead atoms. The van der Waals surface area contributed by atoms with Crippen molar-refractivity contribution in [1.29, 1.82) is 0 Å². The summed E-state index contributed by atoms with van der Waals surface area (Å²) in [5, 5.41) is 11.2. The molecule has 25 heavy (non-hydrogen) atoms. The smallest absolute Gasteiger partial charge is 0.338 e. The molecule has 0 atom stereocenters. The van der Waals surface area contributed by atoms with Gasteiger partial charge in [0.1, 0.15) is 5.52 Å². The Bertz CT molecular complexity index is 972. The van der Waals surface area contributed by atoms with E-state index in [9.17, 15) is 4.79 Å². The molecule has 0 radical (unpaired) electrons. The maximum Gasteiger partial charge on any atom is 0.338 e. The lowest BCUT2D eigenvalue weighted by Crippen LogP contribution is -2.08. The molecule has 1 aromatic carbocycles. The van der Waals surface area contributed by atoms with E-state index in [4.69, 9.17) is 22.7 Å². The molecule has 0 amide bonds. The Morgan fingerprint density at radius 3 is 2.76 bits per heavy atom. The van der Waals surface area contributed by atoms with Crippen LogP contribution in [0.25, 0.3) is 11.2 Å². The van der Waals surface area contributed by atoms with Crippen molar-refractivity contribution in [1.82, 2.24) is 25.1 Å². The molecule has 0 aliphatic rings. The van der Waals surface area contributed by atoms with E-state index in [1.54, 1.807) is 31.2 Å². The van der Waals surface area contributed by atoms with Gasteiger partial charge in [-0.1, -0.05) is 12.2 Å². The monoisotopic (exact) mass is 357 g/mol. The zero-order chi connectivity index (χ0) is 17.8. The number of anilines is 2. The van der Waals surface area contributed by atoms with Crippen LogP contribution in [0.1, 0.15) is 23.1 Å². The van der Waals surface area contributed by atoms with Crippen molar-refractivity contribution in [3.63, 3.8) is 0 Å². The van der Waals surface area contributed by atoms with E-state index in [2.05, 4.69) is 30.5 Å². The van der Waals surface area contributed by atoms with Gasteiger partial charge in [0.05, 0.1) is 18.7 Å². The number of nitrogens with zero attached hydrogens (tertiary/aromatic N) is 4. The predicted molar refractivity (Wildman–Crippen MR) is 94.5 cm³/mol. The van der Waals surface area contributed by atoms with E-state index in [1.807, 2.05) is 0 Å². The Hall–Kier alpha value is -3.14. The number of ether oxygens (including phenoxy) is 1. The molecule has 0 saturated carbocycles. The molecule has 0 aliphatic heterocycles. The first-order valence-electron chi connectivity index (χ1n) is 7.47. The van der Waals surface area contributed by atoms with Crippen molar-refractivity contribution in [2.24, 2.45) is 0 Å². The average Bonchev–Trinajstić information content (AvgIpc) is 2.61. The van der Waals surface area contributed by atoms with Crippen LogP contribution in [0.15, 0.2) is 24.3 Å². The number of aromatic nitrogens is 5. The van der Waals surface area contributed by atoms with Crippen molar-refractivity contribution in [2.45, 2.75) is 13.5 Å². The van der Waals surface area contributed by atoms with Gasteiger partial charge < -0.3 is 20.8 Å². The Morgan fingerprint density at radius 2 is 2.04 bits per heavy atom. The maximum absolute atomic E-state index is 11.6. The Kier molecular flexibility index (Phi) is 4.80. The third kappa shape index (κ3) is 3.86. The van der Waals surface area contributed by atoms with Crippen LogP contribution >= 0.6 is 12.2 Å². The fourth-order valence-electron chi connectivity index (χ4n) is 2.10. The summed E-state index contributed by atoms with van der Waals surface area (Å²) in [6, 6.07) is 6.91. The molecule has 0 fully saturated rings. The molecule has 0 unspecified atom stereocenters. The summed E-state index contributed by atoms with van der Waals surface area (Å²) in [5.74, 6) is 0.270. The summed E-state index contributed by atoms with van der Waals surface area (Å²) in [7, 11) is 0. The SMILES string of the molecule is CCOC(=O)c1ccc(NCc2nnc3[nH]c(N)nc(=S)c3n2)cc1. The number of carbonyl (C=O) groups is 1. The lowest BCUT2D eigenvalue weighted by atomic mass is 10.2. The highest BCUT2D eigenvalue weighted by atomic mass is 32.1. The number of nitrogens with one attached hydrogen (secondary N) is 2. The quantitative estimate of drug-likeness (QED) is 0.462. The van der Waals surface area contributed by atoms with E-state index in [1.165, 1.54) is 0 Å². The standard InChI is InChI=1S/C15H15N7O2S/c1-2-24-14(23)8-3-5-9(6-4-8)17-7-10-18-11-12(22-21-10)19-15(16)20-13(11)25/h3-6,17H,2,7H2,1H3,(H3,16,19,20,22,25). The maximum atomic E-state index is 11.6. The third-order valence-electron chi connectivity index (χ3n) is 3.25. The molecule has 128 valence electrons. The number of nitrogen functional groups attached to an aromatic ring is 1. The van der Waals surface area contributed by atoms with E-state index in [0.717, 1.165) is 5.69 Å². The van der Waals surface area contributed by atoms with E-state index in [-0.39, 0.29) is 16.6 Å². The van der Waals surface area contributed by atoms with Gasteiger partial charge in [0.2, 0.25) is 5.95 Å². The van der Waals surface area contributed by atoms with Gasteiger partial charge in [-0.15, -0.1) is 10.2 Å². The summed E-state index contributed by atoms with van der Waals surface area (Å²) in [5.41, 5.74) is 7.70. The van der Waals surface area contributed by atoms with Crippen molar-refractivity contribution in [3.05, 3.63) is 40.3 Å². The first-order valence-corrected chi connectivity index (χ1v) is 7.88. The number of rotatable bonds is 5. The summed E-state index contributed by atoms with van der Waals surface area (Å²) in [6.07, 6.45) is 0. The second kappa shape index (κ2) is 7.18. The van der Waals surface area contributed by atoms with E-state index < -0.39 is 0 Å². The van der Waals surface area contributed by atoms with E-state index >= 15 is 0 Å². The molecule has 0 saturated heterocycles. The molecule has 0 aliphatic carbocycles. The Morgan fingerprint density at radius 1 is 1.28 bits per heavy atom. The summed E-state index contributed by atoms with van der Waals surface area (Å²) in [6.45, 7) is 2.44. The molecular weight excluding hydrogens is 342 g/mol. The highest BCUT2D eigenvalue weighted by Gasteiger charge is 2.07. The zero-order valence-electron chi connectivity index (χ0n) is 13.3. The van der Waals surface area contributed by atoms with Crippen LogP contribution in [-0.4, -0.2) is 37.7 Å². The first kappa shape index (κ1) is 16.7.